The predicted octanol–water partition coefficient (Wildman–Crippen LogP) is 2.81. The van der Waals surface area contributed by atoms with Gasteiger partial charge >= 0.3 is 0 Å². The van der Waals surface area contributed by atoms with Crippen LogP contribution in [0.5, 0.6) is 5.75 Å². The molecule has 2 aromatic rings. The summed E-state index contributed by atoms with van der Waals surface area (Å²) >= 11 is 5.89. The van der Waals surface area contributed by atoms with Crippen LogP contribution in [0.3, 0.4) is 0 Å². The van der Waals surface area contributed by atoms with Crippen LogP contribution in [0.25, 0.3) is 0 Å². The monoisotopic (exact) mass is 346 g/mol. The van der Waals surface area contributed by atoms with Crippen LogP contribution in [-0.4, -0.2) is 18.4 Å². The van der Waals surface area contributed by atoms with Crippen molar-refractivity contribution in [1.29, 1.82) is 0 Å². The number of hydrazine groups is 1. The standard InChI is InChI=1S/C18H19ClN2O3/c1-13-4-2-7-16(10-13)24-12-18(23)21-20-17(22)9-8-14-5-3-6-15(19)11-14/h2-7,10-11H,8-9,12H2,1H3,(H,20,22)(H,21,23). The first-order valence-corrected chi connectivity index (χ1v) is 7.92. The second-order valence-electron chi connectivity index (χ2n) is 5.33. The molecule has 0 aromatic heterocycles. The van der Waals surface area contributed by atoms with Gasteiger partial charge in [-0.2, -0.15) is 0 Å². The van der Waals surface area contributed by atoms with Crippen molar-refractivity contribution >= 4 is 23.4 Å². The molecule has 0 saturated carbocycles. The molecular formula is C18H19ClN2O3. The van der Waals surface area contributed by atoms with E-state index in [4.69, 9.17) is 16.3 Å². The van der Waals surface area contributed by atoms with Crippen LogP contribution in [-0.2, 0) is 16.0 Å². The van der Waals surface area contributed by atoms with Crippen LogP contribution >= 0.6 is 11.6 Å². The van der Waals surface area contributed by atoms with Crippen molar-refractivity contribution < 1.29 is 14.3 Å². The van der Waals surface area contributed by atoms with E-state index < -0.39 is 5.91 Å². The van der Waals surface area contributed by atoms with Gasteiger partial charge < -0.3 is 4.74 Å². The summed E-state index contributed by atoms with van der Waals surface area (Å²) in [5.74, 6) is -0.0936. The van der Waals surface area contributed by atoms with Gasteiger partial charge in [-0.15, -0.1) is 0 Å². The number of carbonyl (C=O) groups excluding carboxylic acids is 2. The maximum absolute atomic E-state index is 11.7. The van der Waals surface area contributed by atoms with E-state index in [1.807, 2.05) is 43.3 Å². The van der Waals surface area contributed by atoms with Crippen molar-refractivity contribution in [3.63, 3.8) is 0 Å². The first kappa shape index (κ1) is 17.8. The summed E-state index contributed by atoms with van der Waals surface area (Å²) < 4.78 is 5.35. The molecule has 0 radical (unpaired) electrons. The molecule has 0 aliphatic heterocycles. The summed E-state index contributed by atoms with van der Waals surface area (Å²) in [6.07, 6.45) is 0.793. The summed E-state index contributed by atoms with van der Waals surface area (Å²) in [6.45, 7) is 1.77. The average Bonchev–Trinajstić information content (AvgIpc) is 2.56. The molecule has 0 aliphatic rings. The van der Waals surface area contributed by atoms with Gasteiger partial charge in [0.15, 0.2) is 6.61 Å². The highest BCUT2D eigenvalue weighted by Gasteiger charge is 2.06. The predicted molar refractivity (Wildman–Crippen MR) is 92.7 cm³/mol. The van der Waals surface area contributed by atoms with E-state index in [1.165, 1.54) is 0 Å². The fourth-order valence-corrected chi connectivity index (χ4v) is 2.26. The normalized spacial score (nSPS) is 10.1. The number of rotatable bonds is 6. The minimum atomic E-state index is -0.424. The van der Waals surface area contributed by atoms with E-state index in [0.717, 1.165) is 11.1 Å². The van der Waals surface area contributed by atoms with Gasteiger partial charge in [-0.25, -0.2) is 0 Å². The van der Waals surface area contributed by atoms with E-state index in [1.54, 1.807) is 12.1 Å². The molecule has 2 N–H and O–H groups in total. The molecule has 0 fully saturated rings. The Labute approximate surface area is 145 Å². The maximum Gasteiger partial charge on any atom is 0.276 e. The Morgan fingerprint density at radius 1 is 1.04 bits per heavy atom. The van der Waals surface area contributed by atoms with Gasteiger partial charge in [-0.05, 0) is 48.7 Å². The number of hydrogen-bond donors (Lipinski definition) is 2. The third-order valence-corrected chi connectivity index (χ3v) is 3.47. The molecule has 2 aromatic carbocycles. The number of benzene rings is 2. The second kappa shape index (κ2) is 8.93. The van der Waals surface area contributed by atoms with Gasteiger partial charge in [0.1, 0.15) is 5.75 Å². The largest absolute Gasteiger partial charge is 0.484 e. The Bertz CT molecular complexity index is 657. The summed E-state index contributed by atoms with van der Waals surface area (Å²) in [7, 11) is 0. The van der Waals surface area contributed by atoms with Gasteiger partial charge in [0.25, 0.3) is 5.91 Å². The van der Waals surface area contributed by atoms with Gasteiger partial charge in [-0.3, -0.25) is 20.4 Å². The minimum absolute atomic E-state index is 0.169. The molecule has 5 nitrogen and oxygen atoms in total. The number of ether oxygens (including phenoxy) is 1. The lowest BCUT2D eigenvalue weighted by Crippen LogP contribution is -2.43. The van der Waals surface area contributed by atoms with Crippen molar-refractivity contribution in [2.45, 2.75) is 19.8 Å². The molecule has 0 unspecified atom stereocenters. The summed E-state index contributed by atoms with van der Waals surface area (Å²) in [4.78, 5) is 23.4. The molecule has 126 valence electrons. The molecule has 0 atom stereocenters. The number of nitrogens with one attached hydrogen (secondary N) is 2. The average molecular weight is 347 g/mol. The molecule has 0 spiro atoms. The quantitative estimate of drug-likeness (QED) is 0.790. The Hall–Kier alpha value is -2.53. The fourth-order valence-electron chi connectivity index (χ4n) is 2.04. The molecule has 2 rings (SSSR count). The molecule has 0 bridgehead atoms. The van der Waals surface area contributed by atoms with Crippen LogP contribution < -0.4 is 15.6 Å². The molecule has 24 heavy (non-hydrogen) atoms. The Kier molecular flexibility index (Phi) is 6.63. The van der Waals surface area contributed by atoms with Crippen LogP contribution in [0.1, 0.15) is 17.5 Å². The summed E-state index contributed by atoms with van der Waals surface area (Å²) in [5.41, 5.74) is 6.70. The lowest BCUT2D eigenvalue weighted by molar-refractivity contribution is -0.130. The van der Waals surface area contributed by atoms with Crippen LogP contribution in [0.4, 0.5) is 0 Å². The van der Waals surface area contributed by atoms with E-state index in [9.17, 15) is 9.59 Å². The molecule has 6 heteroatoms. The molecule has 0 heterocycles. The first-order chi connectivity index (χ1) is 11.5. The number of hydrogen-bond acceptors (Lipinski definition) is 3. The first-order valence-electron chi connectivity index (χ1n) is 7.54. The Morgan fingerprint density at radius 2 is 1.79 bits per heavy atom. The lowest BCUT2D eigenvalue weighted by atomic mass is 10.1. The number of amides is 2. The third kappa shape index (κ3) is 6.30. The van der Waals surface area contributed by atoms with E-state index in [2.05, 4.69) is 10.9 Å². The molecule has 0 saturated heterocycles. The van der Waals surface area contributed by atoms with E-state index in [-0.39, 0.29) is 18.9 Å². The van der Waals surface area contributed by atoms with Gasteiger partial charge in [0.2, 0.25) is 5.91 Å². The summed E-state index contributed by atoms with van der Waals surface area (Å²) in [5, 5.41) is 0.634. The van der Waals surface area contributed by atoms with Gasteiger partial charge in [0, 0.05) is 11.4 Å². The Balaban J connectivity index is 1.66. The lowest BCUT2D eigenvalue weighted by Gasteiger charge is -2.09. The Morgan fingerprint density at radius 3 is 2.54 bits per heavy atom. The molecule has 0 aliphatic carbocycles. The highest BCUT2D eigenvalue weighted by Crippen LogP contribution is 2.12. The van der Waals surface area contributed by atoms with Crippen molar-refractivity contribution in [2.75, 3.05) is 6.61 Å². The third-order valence-electron chi connectivity index (χ3n) is 3.23. The summed E-state index contributed by atoms with van der Waals surface area (Å²) in [6, 6.07) is 14.7. The highest BCUT2D eigenvalue weighted by atomic mass is 35.5. The number of aryl methyl sites for hydroxylation is 2. The number of carbonyl (C=O) groups is 2. The minimum Gasteiger partial charge on any atom is -0.484 e. The van der Waals surface area contributed by atoms with E-state index in [0.29, 0.717) is 17.2 Å². The molecular weight excluding hydrogens is 328 g/mol. The molecule has 2 amide bonds. The van der Waals surface area contributed by atoms with E-state index >= 15 is 0 Å². The van der Waals surface area contributed by atoms with Crippen molar-refractivity contribution in [3.05, 3.63) is 64.7 Å². The number of halogens is 1. The maximum atomic E-state index is 11.7. The van der Waals surface area contributed by atoms with Crippen LogP contribution in [0, 0.1) is 6.92 Å². The van der Waals surface area contributed by atoms with Crippen molar-refractivity contribution in [2.24, 2.45) is 0 Å². The zero-order valence-electron chi connectivity index (χ0n) is 13.3. The smallest absolute Gasteiger partial charge is 0.276 e. The van der Waals surface area contributed by atoms with Crippen LogP contribution in [0.2, 0.25) is 5.02 Å². The van der Waals surface area contributed by atoms with Gasteiger partial charge in [0.05, 0.1) is 0 Å². The van der Waals surface area contributed by atoms with Crippen molar-refractivity contribution in [1.82, 2.24) is 10.9 Å². The zero-order valence-corrected chi connectivity index (χ0v) is 14.1. The topological polar surface area (TPSA) is 67.4 Å². The SMILES string of the molecule is Cc1cccc(OCC(=O)NNC(=O)CCc2cccc(Cl)c2)c1. The fraction of sp³-hybridized carbons (Fsp3) is 0.222. The zero-order chi connectivity index (χ0) is 17.4. The second-order valence-corrected chi connectivity index (χ2v) is 5.77. The highest BCUT2D eigenvalue weighted by molar-refractivity contribution is 6.30. The van der Waals surface area contributed by atoms with Crippen LogP contribution in [0.15, 0.2) is 48.5 Å². The van der Waals surface area contributed by atoms with Gasteiger partial charge in [-0.1, -0.05) is 35.9 Å². The van der Waals surface area contributed by atoms with Crippen molar-refractivity contribution in [3.8, 4) is 5.75 Å².